The molecule has 120 valence electrons. The average molecular weight is 316 g/mol. The molecule has 1 rings (SSSR count). The lowest BCUT2D eigenvalue weighted by atomic mass is 10.2. The highest BCUT2D eigenvalue weighted by Gasteiger charge is 2.19. The van der Waals surface area contributed by atoms with E-state index in [1.54, 1.807) is 0 Å². The fraction of sp³-hybridized carbons (Fsp3) is 0.600. The predicted octanol–water partition coefficient (Wildman–Crippen LogP) is 2.79. The Labute approximate surface area is 127 Å². The number of rotatable bonds is 9. The van der Waals surface area contributed by atoms with Crippen LogP contribution in [-0.4, -0.2) is 21.0 Å². The molecule has 0 amide bonds. The van der Waals surface area contributed by atoms with E-state index in [1.807, 2.05) is 13.8 Å². The summed E-state index contributed by atoms with van der Waals surface area (Å²) in [4.78, 5) is 0.0205. The zero-order valence-electron chi connectivity index (χ0n) is 12.9. The molecule has 2 N–H and O–H groups in total. The summed E-state index contributed by atoms with van der Waals surface area (Å²) in [7, 11) is -3.67. The Morgan fingerprint density at radius 1 is 1.24 bits per heavy atom. The molecule has 0 unspecified atom stereocenters. The minimum absolute atomic E-state index is 0.0205. The van der Waals surface area contributed by atoms with E-state index < -0.39 is 15.8 Å². The molecule has 0 atom stereocenters. The summed E-state index contributed by atoms with van der Waals surface area (Å²) < 4.78 is 40.6. The second-order valence-corrected chi connectivity index (χ2v) is 7.13. The van der Waals surface area contributed by atoms with Crippen molar-refractivity contribution in [2.45, 2.75) is 57.5 Å². The number of hydrogen-bond donors (Lipinski definition) is 2. The molecule has 0 bridgehead atoms. The predicted molar refractivity (Wildman–Crippen MR) is 83.1 cm³/mol. The van der Waals surface area contributed by atoms with E-state index in [4.69, 9.17) is 0 Å². The molecule has 0 aromatic heterocycles. The molecule has 6 heteroatoms. The molecule has 21 heavy (non-hydrogen) atoms. The third-order valence-corrected chi connectivity index (χ3v) is 4.64. The van der Waals surface area contributed by atoms with Gasteiger partial charge in [0.25, 0.3) is 0 Å². The smallest absolute Gasteiger partial charge is 0.240 e. The van der Waals surface area contributed by atoms with Crippen molar-refractivity contribution in [2.24, 2.45) is 0 Å². The van der Waals surface area contributed by atoms with Crippen molar-refractivity contribution in [3.8, 4) is 0 Å². The van der Waals surface area contributed by atoms with Crippen molar-refractivity contribution in [1.29, 1.82) is 0 Å². The van der Waals surface area contributed by atoms with Crippen molar-refractivity contribution >= 4 is 10.0 Å². The van der Waals surface area contributed by atoms with Crippen molar-refractivity contribution < 1.29 is 12.8 Å². The van der Waals surface area contributed by atoms with Crippen LogP contribution in [0.3, 0.4) is 0 Å². The van der Waals surface area contributed by atoms with Gasteiger partial charge in [0.2, 0.25) is 10.0 Å². The Kier molecular flexibility index (Phi) is 7.28. The van der Waals surface area contributed by atoms with Crippen LogP contribution < -0.4 is 10.0 Å². The van der Waals surface area contributed by atoms with Crippen LogP contribution in [0.4, 0.5) is 4.39 Å². The maximum Gasteiger partial charge on any atom is 0.240 e. The summed E-state index contributed by atoms with van der Waals surface area (Å²) in [6.07, 6.45) is 2.77. The van der Waals surface area contributed by atoms with Crippen LogP contribution in [0.25, 0.3) is 0 Å². The van der Waals surface area contributed by atoms with Gasteiger partial charge in [-0.3, -0.25) is 0 Å². The summed E-state index contributed by atoms with van der Waals surface area (Å²) in [6, 6.07) is 4.11. The van der Waals surface area contributed by atoms with Crippen molar-refractivity contribution in [3.05, 3.63) is 29.6 Å². The van der Waals surface area contributed by atoms with Crippen LogP contribution >= 0.6 is 0 Å². The van der Waals surface area contributed by atoms with Gasteiger partial charge >= 0.3 is 0 Å². The van der Waals surface area contributed by atoms with E-state index in [2.05, 4.69) is 17.0 Å². The van der Waals surface area contributed by atoms with Crippen LogP contribution in [0.2, 0.25) is 0 Å². The number of benzene rings is 1. The molecule has 0 radical (unpaired) electrons. The van der Waals surface area contributed by atoms with Gasteiger partial charge in [0.05, 0.1) is 4.90 Å². The van der Waals surface area contributed by atoms with Crippen LogP contribution in [0, 0.1) is 5.82 Å². The summed E-state index contributed by atoms with van der Waals surface area (Å²) in [6.45, 7) is 6.77. The number of sulfonamides is 1. The lowest BCUT2D eigenvalue weighted by molar-refractivity contribution is 0.559. The van der Waals surface area contributed by atoms with E-state index >= 15 is 0 Å². The van der Waals surface area contributed by atoms with Gasteiger partial charge in [0.1, 0.15) is 5.82 Å². The number of nitrogens with one attached hydrogen (secondary N) is 2. The minimum atomic E-state index is -3.67. The lowest BCUT2D eigenvalue weighted by Gasteiger charge is -2.14. The van der Waals surface area contributed by atoms with Crippen LogP contribution in [0.5, 0.6) is 0 Å². The highest BCUT2D eigenvalue weighted by molar-refractivity contribution is 7.89. The Hall–Kier alpha value is -0.980. The molecule has 0 fully saturated rings. The molecule has 1 aromatic rings. The van der Waals surface area contributed by atoms with E-state index in [0.717, 1.165) is 25.3 Å². The maximum absolute atomic E-state index is 13.4. The fourth-order valence-electron chi connectivity index (χ4n) is 1.90. The monoisotopic (exact) mass is 316 g/mol. The summed E-state index contributed by atoms with van der Waals surface area (Å²) in [5.74, 6) is -0.544. The van der Waals surface area contributed by atoms with E-state index in [-0.39, 0.29) is 10.9 Å². The zero-order chi connectivity index (χ0) is 15.9. The molecule has 0 aliphatic carbocycles. The molecular formula is C15H25FN2O2S. The fourth-order valence-corrected chi connectivity index (χ4v) is 3.22. The van der Waals surface area contributed by atoms with Crippen molar-refractivity contribution in [1.82, 2.24) is 10.0 Å². The quantitative estimate of drug-likeness (QED) is 0.689. The first-order chi connectivity index (χ1) is 9.86. The third-order valence-electron chi connectivity index (χ3n) is 3.09. The van der Waals surface area contributed by atoms with Gasteiger partial charge in [-0.05, 0) is 24.1 Å². The first-order valence-electron chi connectivity index (χ1n) is 7.38. The third kappa shape index (κ3) is 6.11. The van der Waals surface area contributed by atoms with E-state index in [0.29, 0.717) is 18.7 Å². The molecule has 0 saturated carbocycles. The average Bonchev–Trinajstić information content (AvgIpc) is 2.42. The second kappa shape index (κ2) is 8.46. The maximum atomic E-state index is 13.4. The molecule has 0 spiro atoms. The first-order valence-corrected chi connectivity index (χ1v) is 8.86. The number of halogens is 1. The highest BCUT2D eigenvalue weighted by Crippen LogP contribution is 2.17. The van der Waals surface area contributed by atoms with Gasteiger partial charge in [-0.1, -0.05) is 39.7 Å². The molecule has 4 nitrogen and oxygen atoms in total. The van der Waals surface area contributed by atoms with E-state index in [9.17, 15) is 12.8 Å². The van der Waals surface area contributed by atoms with Gasteiger partial charge in [0, 0.05) is 19.1 Å². The van der Waals surface area contributed by atoms with Crippen LogP contribution in [0.15, 0.2) is 23.1 Å². The Morgan fingerprint density at radius 3 is 2.57 bits per heavy atom. The molecule has 0 heterocycles. The Morgan fingerprint density at radius 2 is 1.95 bits per heavy atom. The Balaban J connectivity index is 2.89. The number of hydrogen-bond acceptors (Lipinski definition) is 3. The largest absolute Gasteiger partial charge is 0.310 e. The normalized spacial score (nSPS) is 12.0. The summed E-state index contributed by atoms with van der Waals surface area (Å²) in [5, 5.41) is 3.16. The molecule has 1 aromatic carbocycles. The van der Waals surface area contributed by atoms with Gasteiger partial charge < -0.3 is 5.32 Å². The zero-order valence-corrected chi connectivity index (χ0v) is 13.8. The first kappa shape index (κ1) is 18.1. The molecular weight excluding hydrogens is 291 g/mol. The van der Waals surface area contributed by atoms with Gasteiger partial charge in [-0.2, -0.15) is 0 Å². The van der Waals surface area contributed by atoms with Crippen molar-refractivity contribution in [2.75, 3.05) is 6.54 Å². The highest BCUT2D eigenvalue weighted by atomic mass is 32.2. The topological polar surface area (TPSA) is 58.2 Å². The molecule has 0 aliphatic heterocycles. The second-order valence-electron chi connectivity index (χ2n) is 5.39. The SMILES string of the molecule is CCCCCNS(=O)(=O)c1cc(F)ccc1CNC(C)C. The minimum Gasteiger partial charge on any atom is -0.310 e. The Bertz CT molecular complexity index is 545. The molecule has 0 saturated heterocycles. The standard InChI is InChI=1S/C15H25FN2O2S/c1-4-5-6-9-18-21(19,20)15-10-14(16)8-7-13(15)11-17-12(2)3/h7-8,10,12,17-18H,4-6,9,11H2,1-3H3. The molecule has 0 aliphatic rings. The van der Waals surface area contributed by atoms with Gasteiger partial charge in [-0.25, -0.2) is 17.5 Å². The van der Waals surface area contributed by atoms with Gasteiger partial charge in [0.15, 0.2) is 0 Å². The number of unbranched alkanes of at least 4 members (excludes halogenated alkanes) is 2. The van der Waals surface area contributed by atoms with E-state index in [1.165, 1.54) is 12.1 Å². The lowest BCUT2D eigenvalue weighted by Crippen LogP contribution is -2.28. The van der Waals surface area contributed by atoms with Crippen LogP contribution in [0.1, 0.15) is 45.6 Å². The van der Waals surface area contributed by atoms with Crippen LogP contribution in [-0.2, 0) is 16.6 Å². The van der Waals surface area contributed by atoms with Crippen molar-refractivity contribution in [3.63, 3.8) is 0 Å². The summed E-state index contributed by atoms with van der Waals surface area (Å²) in [5.41, 5.74) is 0.577. The summed E-state index contributed by atoms with van der Waals surface area (Å²) >= 11 is 0. The van der Waals surface area contributed by atoms with Gasteiger partial charge in [-0.15, -0.1) is 0 Å².